The van der Waals surface area contributed by atoms with Crippen molar-refractivity contribution in [1.82, 2.24) is 5.32 Å². The Kier molecular flexibility index (Phi) is 11.1. The van der Waals surface area contributed by atoms with Crippen LogP contribution < -0.4 is 10.1 Å². The lowest BCUT2D eigenvalue weighted by atomic mass is 9.80. The topological polar surface area (TPSA) is 129 Å². The molecule has 0 radical (unpaired) electrons. The third kappa shape index (κ3) is 7.76. The quantitative estimate of drug-likeness (QED) is 0.0642. The van der Waals surface area contributed by atoms with Gasteiger partial charge in [0.05, 0.1) is 13.2 Å². The van der Waals surface area contributed by atoms with Gasteiger partial charge in [-0.2, -0.15) is 0 Å². The van der Waals surface area contributed by atoms with Gasteiger partial charge in [-0.1, -0.05) is 82.4 Å². The lowest BCUT2D eigenvalue weighted by Gasteiger charge is -2.32. The molecule has 46 heavy (non-hydrogen) atoms. The minimum Gasteiger partial charge on any atom is -0.494 e. The minimum absolute atomic E-state index is 0.0326. The fourth-order valence-electron chi connectivity index (χ4n) is 5.24. The van der Waals surface area contributed by atoms with Gasteiger partial charge in [0.25, 0.3) is 5.91 Å². The largest absolute Gasteiger partial charge is 0.494 e. The molecule has 0 bridgehead atoms. The SMILES string of the molecule is [N-]=[N+]=NCc1ccccc1C[C@@]1(C(=O)NCc2cccc(Cl)c2)N=C(c2ccc(OCCCO)cc2)O[C@@H]1c1ccc(Cl)cc1Cl. The summed E-state index contributed by atoms with van der Waals surface area (Å²) in [6, 6.07) is 26.8. The van der Waals surface area contributed by atoms with E-state index in [1.165, 1.54) is 0 Å². The predicted octanol–water partition coefficient (Wildman–Crippen LogP) is 8.03. The third-order valence-corrected chi connectivity index (χ3v) is 8.30. The number of rotatable bonds is 13. The van der Waals surface area contributed by atoms with Crippen LogP contribution in [-0.4, -0.2) is 35.7 Å². The van der Waals surface area contributed by atoms with E-state index in [0.717, 1.165) is 16.7 Å². The van der Waals surface area contributed by atoms with Crippen LogP contribution in [0, 0.1) is 0 Å². The third-order valence-electron chi connectivity index (χ3n) is 7.50. The van der Waals surface area contributed by atoms with Crippen LogP contribution >= 0.6 is 34.8 Å². The summed E-state index contributed by atoms with van der Waals surface area (Å²) in [6.07, 6.45) is -0.351. The zero-order chi connectivity index (χ0) is 32.5. The van der Waals surface area contributed by atoms with Crippen molar-refractivity contribution in [3.63, 3.8) is 0 Å². The molecule has 0 saturated carbocycles. The van der Waals surface area contributed by atoms with Gasteiger partial charge in [0.15, 0.2) is 11.6 Å². The molecule has 1 aliphatic rings. The molecule has 0 fully saturated rings. The van der Waals surface area contributed by atoms with Crippen molar-refractivity contribution in [1.29, 1.82) is 0 Å². The highest BCUT2D eigenvalue weighted by molar-refractivity contribution is 6.35. The minimum atomic E-state index is -1.55. The first-order valence-corrected chi connectivity index (χ1v) is 15.6. The molecule has 1 amide bonds. The fraction of sp³-hybridized carbons (Fsp3) is 0.235. The van der Waals surface area contributed by atoms with E-state index in [4.69, 9.17) is 59.9 Å². The molecule has 12 heteroatoms. The van der Waals surface area contributed by atoms with E-state index in [1.54, 1.807) is 54.6 Å². The van der Waals surface area contributed by atoms with Gasteiger partial charge in [-0.05, 0) is 70.8 Å². The first-order chi connectivity index (χ1) is 22.3. The Bertz CT molecular complexity index is 1780. The molecule has 1 aliphatic heterocycles. The summed E-state index contributed by atoms with van der Waals surface area (Å²) in [6.45, 7) is 0.683. The van der Waals surface area contributed by atoms with Gasteiger partial charge in [-0.15, -0.1) is 0 Å². The molecule has 5 rings (SSSR count). The van der Waals surface area contributed by atoms with Gasteiger partial charge in [0.1, 0.15) is 5.75 Å². The molecule has 236 valence electrons. The van der Waals surface area contributed by atoms with Crippen LogP contribution in [0.15, 0.2) is 101 Å². The summed E-state index contributed by atoms with van der Waals surface area (Å²) in [5, 5.41) is 17.2. The molecule has 4 aromatic rings. The molecule has 9 nitrogen and oxygen atoms in total. The number of halogens is 3. The van der Waals surface area contributed by atoms with E-state index in [2.05, 4.69) is 15.3 Å². The molecule has 0 saturated heterocycles. The maximum atomic E-state index is 14.6. The standard InChI is InChI=1S/C34H30Cl3N5O4/c35-26-8-3-5-22(17-26)20-39-33(44)34(19-24-6-1-2-7-25(24)21-40-42-38)31(29-14-11-27(36)18-30(29)37)46-32(41-34)23-9-12-28(13-10-23)45-16-4-15-43/h1-3,5-14,17-18,31,43H,4,15-16,19-21H2,(H,39,44)/t31-,34-/m1/s1. The van der Waals surface area contributed by atoms with Gasteiger partial charge < -0.3 is 19.9 Å². The number of carbonyl (C=O) groups excluding carboxylic acids is 1. The van der Waals surface area contributed by atoms with Crippen molar-refractivity contribution in [2.24, 2.45) is 10.1 Å². The Hall–Kier alpha value is -4.24. The zero-order valence-corrected chi connectivity index (χ0v) is 26.8. The lowest BCUT2D eigenvalue weighted by molar-refractivity contribution is -0.129. The Morgan fingerprint density at radius 1 is 1.00 bits per heavy atom. The molecule has 4 aromatic carbocycles. The van der Waals surface area contributed by atoms with E-state index in [1.807, 2.05) is 36.4 Å². The molecule has 0 aromatic heterocycles. The Morgan fingerprint density at radius 3 is 2.48 bits per heavy atom. The average molecular weight is 679 g/mol. The number of nitrogens with zero attached hydrogens (tertiary/aromatic N) is 4. The number of azide groups is 1. The molecule has 0 unspecified atom stereocenters. The van der Waals surface area contributed by atoms with Crippen molar-refractivity contribution in [3.05, 3.63) is 144 Å². The monoisotopic (exact) mass is 677 g/mol. The second kappa shape index (κ2) is 15.4. The second-order valence-electron chi connectivity index (χ2n) is 10.6. The highest BCUT2D eigenvalue weighted by Gasteiger charge is 2.54. The maximum Gasteiger partial charge on any atom is 0.252 e. The van der Waals surface area contributed by atoms with Crippen LogP contribution in [0.4, 0.5) is 0 Å². The summed E-state index contributed by atoms with van der Waals surface area (Å²) in [5.74, 6) is 0.454. The summed E-state index contributed by atoms with van der Waals surface area (Å²) in [5.41, 5.74) is 10.9. The number of benzene rings is 4. The second-order valence-corrected chi connectivity index (χ2v) is 11.9. The highest BCUT2D eigenvalue weighted by Crippen LogP contribution is 2.45. The number of aliphatic hydroxyl groups excluding tert-OH is 1. The van der Waals surface area contributed by atoms with Gasteiger partial charge in [0, 0.05) is 57.1 Å². The number of amides is 1. The van der Waals surface area contributed by atoms with E-state index < -0.39 is 17.6 Å². The number of aliphatic hydroxyl groups is 1. The number of aliphatic imine (C=N–C) groups is 1. The van der Waals surface area contributed by atoms with Crippen LogP contribution in [0.25, 0.3) is 10.4 Å². The van der Waals surface area contributed by atoms with Crippen LogP contribution in [0.2, 0.25) is 15.1 Å². The number of hydrogen-bond acceptors (Lipinski definition) is 6. The van der Waals surface area contributed by atoms with E-state index in [-0.39, 0.29) is 32.0 Å². The molecular weight excluding hydrogens is 649 g/mol. The molecule has 2 N–H and O–H groups in total. The van der Waals surface area contributed by atoms with Gasteiger partial charge in [-0.25, -0.2) is 4.99 Å². The van der Waals surface area contributed by atoms with Crippen LogP contribution in [-0.2, 0) is 29.0 Å². The van der Waals surface area contributed by atoms with Gasteiger partial charge in [0.2, 0.25) is 5.90 Å². The number of nitrogens with one attached hydrogen (secondary N) is 1. The first-order valence-electron chi connectivity index (χ1n) is 14.5. The summed E-state index contributed by atoms with van der Waals surface area (Å²) in [4.78, 5) is 22.5. The number of carbonyl (C=O) groups is 1. The first kappa shape index (κ1) is 33.1. The van der Waals surface area contributed by atoms with Gasteiger partial charge in [-0.3, -0.25) is 4.79 Å². The number of hydrogen-bond donors (Lipinski definition) is 2. The van der Waals surface area contributed by atoms with E-state index >= 15 is 0 Å². The van der Waals surface area contributed by atoms with Crippen molar-refractivity contribution in [2.45, 2.75) is 37.6 Å². The van der Waals surface area contributed by atoms with Crippen molar-refractivity contribution in [3.8, 4) is 5.75 Å². The Morgan fingerprint density at radius 2 is 1.76 bits per heavy atom. The van der Waals surface area contributed by atoms with Crippen molar-refractivity contribution >= 4 is 46.6 Å². The molecule has 0 spiro atoms. The lowest BCUT2D eigenvalue weighted by Crippen LogP contribution is -2.50. The molecular formula is C34H30Cl3N5O4. The molecule has 0 aliphatic carbocycles. The van der Waals surface area contributed by atoms with E-state index in [0.29, 0.717) is 45.0 Å². The summed E-state index contributed by atoms with van der Waals surface area (Å²) in [7, 11) is 0. The van der Waals surface area contributed by atoms with E-state index in [9.17, 15) is 4.79 Å². The summed E-state index contributed by atoms with van der Waals surface area (Å²) < 4.78 is 12.3. The van der Waals surface area contributed by atoms with Gasteiger partial charge >= 0.3 is 0 Å². The summed E-state index contributed by atoms with van der Waals surface area (Å²) >= 11 is 19.2. The van der Waals surface area contributed by atoms with Crippen LogP contribution in [0.1, 0.15) is 40.3 Å². The molecule has 2 atom stereocenters. The molecule has 1 heterocycles. The highest BCUT2D eigenvalue weighted by atomic mass is 35.5. The normalized spacial score (nSPS) is 17.0. The van der Waals surface area contributed by atoms with Crippen molar-refractivity contribution in [2.75, 3.05) is 13.2 Å². The maximum absolute atomic E-state index is 14.6. The predicted molar refractivity (Wildman–Crippen MR) is 179 cm³/mol. The van der Waals surface area contributed by atoms with Crippen LogP contribution in [0.5, 0.6) is 5.75 Å². The van der Waals surface area contributed by atoms with Crippen molar-refractivity contribution < 1.29 is 19.4 Å². The fourth-order valence-corrected chi connectivity index (χ4v) is 5.96. The van der Waals surface area contributed by atoms with Crippen LogP contribution in [0.3, 0.4) is 0 Å². The number of ether oxygens (including phenoxy) is 2. The Balaban J connectivity index is 1.62. The smallest absolute Gasteiger partial charge is 0.252 e. The zero-order valence-electron chi connectivity index (χ0n) is 24.6. The average Bonchev–Trinajstić information content (AvgIpc) is 3.43. The Labute approximate surface area is 281 Å².